The Kier molecular flexibility index (Phi) is 7.32. The minimum Gasteiger partial charge on any atom is -0.497 e. The van der Waals surface area contributed by atoms with Crippen molar-refractivity contribution in [2.45, 2.75) is 32.9 Å². The number of amides is 1. The van der Waals surface area contributed by atoms with Crippen LogP contribution in [0.15, 0.2) is 76.2 Å². The highest BCUT2D eigenvalue weighted by Crippen LogP contribution is 2.45. The molecule has 176 valence electrons. The lowest BCUT2D eigenvalue weighted by molar-refractivity contribution is -0.139. The Morgan fingerprint density at radius 1 is 1.21 bits per heavy atom. The Bertz CT molecular complexity index is 1160. The monoisotopic (exact) mass is 478 g/mol. The van der Waals surface area contributed by atoms with Crippen molar-refractivity contribution in [2.75, 3.05) is 13.7 Å². The minimum atomic E-state index is -0.468. The lowest BCUT2D eigenvalue weighted by atomic mass is 9.93. The highest BCUT2D eigenvalue weighted by molar-refractivity contribution is 8.16. The number of hydrogen-bond acceptors (Lipinski definition) is 8. The number of esters is 1. The van der Waals surface area contributed by atoms with Crippen LogP contribution in [0, 0.1) is 0 Å². The van der Waals surface area contributed by atoms with E-state index in [1.54, 1.807) is 26.4 Å². The zero-order valence-electron chi connectivity index (χ0n) is 19.3. The highest BCUT2D eigenvalue weighted by Gasteiger charge is 2.41. The van der Waals surface area contributed by atoms with Crippen LogP contribution in [0.4, 0.5) is 0 Å². The lowest BCUT2D eigenvalue weighted by Gasteiger charge is -2.36. The Hall–Kier alpha value is -3.59. The summed E-state index contributed by atoms with van der Waals surface area (Å²) in [6.45, 7) is 4.24. The van der Waals surface area contributed by atoms with Crippen LogP contribution in [0.3, 0.4) is 0 Å². The van der Waals surface area contributed by atoms with Gasteiger partial charge in [0.15, 0.2) is 5.17 Å². The van der Waals surface area contributed by atoms with Gasteiger partial charge in [-0.25, -0.2) is 9.79 Å². The fraction of sp³-hybridized carbons (Fsp3) is 0.280. The number of rotatable bonds is 8. The van der Waals surface area contributed by atoms with E-state index in [2.05, 4.69) is 15.3 Å². The smallest absolute Gasteiger partial charge is 0.338 e. The first-order valence-corrected chi connectivity index (χ1v) is 11.8. The fourth-order valence-corrected chi connectivity index (χ4v) is 4.84. The molecule has 0 saturated carbocycles. The van der Waals surface area contributed by atoms with Gasteiger partial charge in [0.2, 0.25) is 5.91 Å². The maximum atomic E-state index is 13.0. The zero-order chi connectivity index (χ0) is 24.1. The van der Waals surface area contributed by atoms with E-state index in [4.69, 9.17) is 9.47 Å². The van der Waals surface area contributed by atoms with Crippen LogP contribution < -0.4 is 10.1 Å². The van der Waals surface area contributed by atoms with Gasteiger partial charge in [-0.15, -0.1) is 0 Å². The number of carbonyl (C=O) groups is 2. The molecule has 0 fully saturated rings. The molecule has 4 rings (SSSR count). The van der Waals surface area contributed by atoms with Gasteiger partial charge in [-0.3, -0.25) is 9.78 Å². The average Bonchev–Trinajstić information content (AvgIpc) is 3.24. The summed E-state index contributed by atoms with van der Waals surface area (Å²) >= 11 is 1.44. The number of nitrogens with one attached hydrogen (secondary N) is 1. The van der Waals surface area contributed by atoms with Gasteiger partial charge in [0.25, 0.3) is 0 Å². The molecule has 0 radical (unpaired) electrons. The van der Waals surface area contributed by atoms with E-state index in [0.717, 1.165) is 22.0 Å². The second kappa shape index (κ2) is 10.6. The second-order valence-electron chi connectivity index (χ2n) is 7.70. The fourth-order valence-electron chi connectivity index (χ4n) is 3.87. The molecular formula is C25H26N4O4S. The molecule has 0 spiro atoms. The number of hydrogen-bond donors (Lipinski definition) is 1. The molecule has 1 atom stereocenters. The topological polar surface area (TPSA) is 93.1 Å². The first-order chi connectivity index (χ1) is 16.5. The van der Waals surface area contributed by atoms with Crippen molar-refractivity contribution in [2.24, 2.45) is 4.99 Å². The number of nitrogens with zero attached hydrogens (tertiary/aromatic N) is 3. The Labute approximate surface area is 202 Å². The number of methoxy groups -OCH3 is 1. The largest absolute Gasteiger partial charge is 0.497 e. The van der Waals surface area contributed by atoms with Crippen molar-refractivity contribution >= 4 is 28.8 Å². The van der Waals surface area contributed by atoms with E-state index in [9.17, 15) is 9.59 Å². The molecule has 8 nitrogen and oxygen atoms in total. The van der Waals surface area contributed by atoms with E-state index >= 15 is 0 Å². The minimum absolute atomic E-state index is 0.130. The highest BCUT2D eigenvalue weighted by atomic mass is 32.2. The first kappa shape index (κ1) is 23.6. The predicted molar refractivity (Wildman–Crippen MR) is 131 cm³/mol. The first-order valence-electron chi connectivity index (χ1n) is 10.9. The van der Waals surface area contributed by atoms with E-state index in [0.29, 0.717) is 23.6 Å². The molecule has 0 aliphatic carbocycles. The van der Waals surface area contributed by atoms with Crippen LogP contribution in [0.25, 0.3) is 0 Å². The molecule has 1 aromatic carbocycles. The van der Waals surface area contributed by atoms with Crippen molar-refractivity contribution in [1.29, 1.82) is 0 Å². The quantitative estimate of drug-likeness (QED) is 0.575. The van der Waals surface area contributed by atoms with Gasteiger partial charge in [-0.2, -0.15) is 0 Å². The van der Waals surface area contributed by atoms with Gasteiger partial charge in [0.1, 0.15) is 5.75 Å². The molecule has 9 heteroatoms. The summed E-state index contributed by atoms with van der Waals surface area (Å²) in [6.07, 6.45) is 3.56. The van der Waals surface area contributed by atoms with Crippen LogP contribution >= 0.6 is 11.8 Å². The Morgan fingerprint density at radius 2 is 2.00 bits per heavy atom. The Balaban J connectivity index is 1.61. The van der Waals surface area contributed by atoms with Crippen molar-refractivity contribution in [3.8, 4) is 5.75 Å². The van der Waals surface area contributed by atoms with Crippen molar-refractivity contribution in [3.05, 3.63) is 82.3 Å². The summed E-state index contributed by atoms with van der Waals surface area (Å²) in [4.78, 5) is 36.5. The third kappa shape index (κ3) is 4.99. The van der Waals surface area contributed by atoms with Gasteiger partial charge in [0.05, 0.1) is 37.4 Å². The van der Waals surface area contributed by atoms with Gasteiger partial charge in [0, 0.05) is 24.6 Å². The summed E-state index contributed by atoms with van der Waals surface area (Å²) in [6, 6.07) is 10.8. The molecule has 34 heavy (non-hydrogen) atoms. The molecule has 1 N–H and O–H groups in total. The van der Waals surface area contributed by atoms with E-state index in [1.807, 2.05) is 53.6 Å². The summed E-state index contributed by atoms with van der Waals surface area (Å²) in [5.74, 6) is 0.170. The molecular weight excluding hydrogens is 452 g/mol. The summed E-state index contributed by atoms with van der Waals surface area (Å²) in [5, 5.41) is 5.58. The Morgan fingerprint density at radius 3 is 2.68 bits per heavy atom. The zero-order valence-corrected chi connectivity index (χ0v) is 20.1. The number of ether oxygens (including phenoxy) is 2. The molecule has 2 aromatic rings. The summed E-state index contributed by atoms with van der Waals surface area (Å²) < 4.78 is 10.7. The molecule has 0 saturated heterocycles. The standard InChI is InChI=1S/C25H26N4O4S/c1-4-33-24(31)22-16(2)28-25-29(23(22)18-7-9-20(32-3)10-8-18)19(15-34-25)12-21(30)27-14-17-6-5-11-26-13-17/h5-11,13,15,23H,4,12,14H2,1-3H3,(H,27,30). The van der Waals surface area contributed by atoms with Crippen molar-refractivity contribution in [3.63, 3.8) is 0 Å². The maximum Gasteiger partial charge on any atom is 0.338 e. The van der Waals surface area contributed by atoms with E-state index < -0.39 is 12.0 Å². The number of thioether (sulfide) groups is 1. The maximum absolute atomic E-state index is 13.0. The third-order valence-electron chi connectivity index (χ3n) is 5.48. The number of benzene rings is 1. The number of allylic oxidation sites excluding steroid dienone is 1. The number of carbonyl (C=O) groups excluding carboxylic acids is 2. The van der Waals surface area contributed by atoms with Crippen LogP contribution in [0.5, 0.6) is 5.75 Å². The van der Waals surface area contributed by atoms with Crippen LogP contribution in [0.1, 0.15) is 37.4 Å². The summed E-state index contributed by atoms with van der Waals surface area (Å²) in [7, 11) is 1.61. The van der Waals surface area contributed by atoms with Gasteiger partial charge >= 0.3 is 5.97 Å². The average molecular weight is 479 g/mol. The number of pyridine rings is 1. The molecule has 2 aliphatic heterocycles. The number of aromatic nitrogens is 1. The van der Waals surface area contributed by atoms with Gasteiger partial charge in [-0.05, 0) is 48.6 Å². The second-order valence-corrected chi connectivity index (χ2v) is 8.54. The van der Waals surface area contributed by atoms with Gasteiger partial charge < -0.3 is 19.7 Å². The molecule has 2 aliphatic rings. The van der Waals surface area contributed by atoms with E-state index in [1.165, 1.54) is 11.8 Å². The lowest BCUT2D eigenvalue weighted by Crippen LogP contribution is -2.38. The van der Waals surface area contributed by atoms with Crippen LogP contribution in [0.2, 0.25) is 0 Å². The SMILES string of the molecule is CCOC(=O)C1=C(C)N=C2SC=C(CC(=O)NCc3cccnc3)N2C1c1ccc(OC)cc1. The molecule has 3 heterocycles. The van der Waals surface area contributed by atoms with E-state index in [-0.39, 0.29) is 18.9 Å². The number of amidine groups is 1. The number of aliphatic imine (C=N–C) groups is 1. The van der Waals surface area contributed by atoms with Gasteiger partial charge in [-0.1, -0.05) is 30.0 Å². The molecule has 0 bridgehead atoms. The molecule has 1 unspecified atom stereocenters. The number of fused-ring (bicyclic) bond motifs is 1. The summed E-state index contributed by atoms with van der Waals surface area (Å²) in [5.41, 5.74) is 3.63. The van der Waals surface area contributed by atoms with Crippen LogP contribution in [-0.4, -0.2) is 40.6 Å². The predicted octanol–water partition coefficient (Wildman–Crippen LogP) is 3.93. The van der Waals surface area contributed by atoms with Crippen LogP contribution in [-0.2, 0) is 20.9 Å². The third-order valence-corrected chi connectivity index (χ3v) is 6.37. The molecule has 1 amide bonds. The van der Waals surface area contributed by atoms with Crippen molar-refractivity contribution < 1.29 is 19.1 Å². The van der Waals surface area contributed by atoms with Crippen molar-refractivity contribution in [1.82, 2.24) is 15.2 Å². The molecule has 1 aromatic heterocycles. The normalized spacial score (nSPS) is 17.0.